The highest BCUT2D eigenvalue weighted by atomic mass is 32.2. The summed E-state index contributed by atoms with van der Waals surface area (Å²) >= 11 is 1.77. The smallest absolute Gasteiger partial charge is 0.255 e. The molecule has 0 bridgehead atoms. The van der Waals surface area contributed by atoms with Gasteiger partial charge in [-0.2, -0.15) is 0 Å². The summed E-state index contributed by atoms with van der Waals surface area (Å²) in [7, 11) is 0. The number of aliphatic hydroxyl groups is 1. The number of nitrogens with zero attached hydrogens (tertiary/aromatic N) is 3. The molecule has 0 saturated carbocycles. The van der Waals surface area contributed by atoms with Crippen molar-refractivity contribution in [3.05, 3.63) is 107 Å². The fraction of sp³-hybridized carbons (Fsp3) is 0.381. The SMILES string of the molecule is O=C1CCC(N2Cc3c(SCCCCCNc4cccc(-c5ccc6c(c5)[C@H]5[C@H](CCN5Cc5ccncc5)[C@@H](CO)N6)c4)cccc3C2=O)C(=O)N1. The summed E-state index contributed by atoms with van der Waals surface area (Å²) in [6.45, 7) is 3.28. The number of carbonyl (C=O) groups is 3. The van der Waals surface area contributed by atoms with Gasteiger partial charge in [0.2, 0.25) is 11.8 Å². The van der Waals surface area contributed by atoms with Crippen LogP contribution in [0.2, 0.25) is 0 Å². The number of aliphatic hydroxyl groups excluding tert-OH is 1. The van der Waals surface area contributed by atoms with Crippen LogP contribution >= 0.6 is 11.8 Å². The normalized spacial score (nSPS) is 22.2. The second-order valence-corrected chi connectivity index (χ2v) is 15.7. The molecule has 10 nitrogen and oxygen atoms in total. The van der Waals surface area contributed by atoms with Crippen molar-refractivity contribution in [2.75, 3.05) is 36.1 Å². The standard InChI is InChI=1S/C42H46N6O4S/c49-26-36-32-16-20-47(24-27-14-18-43-19-15-27)40(32)33-23-29(10-11-35(33)45-36)28-6-4-7-30(22-28)44-17-2-1-3-21-53-38-9-5-8-31-34(38)25-48(42(31)52)37-12-13-39(50)46-41(37)51/h4-11,14-15,18-19,22-23,32,36-37,40,44-45,49H,1-3,12-13,16-17,20-21,24-26H2,(H,46,50,51)/t32-,36-,37?,40-/m1/s1. The second-order valence-electron chi connectivity index (χ2n) is 14.6. The van der Waals surface area contributed by atoms with Crippen molar-refractivity contribution in [2.24, 2.45) is 5.92 Å². The molecule has 5 heterocycles. The number of hydrogen-bond acceptors (Lipinski definition) is 9. The first-order valence-electron chi connectivity index (χ1n) is 18.8. The highest BCUT2D eigenvalue weighted by Gasteiger charge is 2.44. The Morgan fingerprint density at radius 2 is 1.77 bits per heavy atom. The van der Waals surface area contributed by atoms with E-state index in [9.17, 15) is 19.5 Å². The van der Waals surface area contributed by atoms with Gasteiger partial charge in [-0.25, -0.2) is 0 Å². The molecule has 11 heteroatoms. The lowest BCUT2D eigenvalue weighted by atomic mass is 9.82. The number of likely N-dealkylation sites (tertiary alicyclic amines) is 1. The van der Waals surface area contributed by atoms with Crippen molar-refractivity contribution in [1.82, 2.24) is 20.1 Å². The minimum Gasteiger partial charge on any atom is -0.394 e. The molecule has 1 unspecified atom stereocenters. The number of nitrogens with one attached hydrogen (secondary N) is 3. The molecular formula is C42H46N6O4S. The van der Waals surface area contributed by atoms with E-state index >= 15 is 0 Å². The van der Waals surface area contributed by atoms with Crippen molar-refractivity contribution in [1.29, 1.82) is 0 Å². The molecule has 4 aromatic rings. The van der Waals surface area contributed by atoms with Gasteiger partial charge in [0.15, 0.2) is 0 Å². The van der Waals surface area contributed by atoms with Gasteiger partial charge in [-0.3, -0.25) is 29.6 Å². The Morgan fingerprint density at radius 3 is 2.62 bits per heavy atom. The topological polar surface area (TPSA) is 127 Å². The lowest BCUT2D eigenvalue weighted by molar-refractivity contribution is -0.136. The van der Waals surface area contributed by atoms with Crippen molar-refractivity contribution < 1.29 is 19.5 Å². The van der Waals surface area contributed by atoms with Gasteiger partial charge in [-0.05, 0) is 114 Å². The zero-order chi connectivity index (χ0) is 36.3. The highest BCUT2D eigenvalue weighted by Crippen LogP contribution is 2.48. The fourth-order valence-corrected chi connectivity index (χ4v) is 9.65. The Balaban J connectivity index is 0.843. The molecule has 1 aromatic heterocycles. The monoisotopic (exact) mass is 730 g/mol. The van der Waals surface area contributed by atoms with Gasteiger partial charge in [-0.1, -0.05) is 30.7 Å². The lowest BCUT2D eigenvalue weighted by Gasteiger charge is -2.39. The van der Waals surface area contributed by atoms with Gasteiger partial charge in [-0.15, -0.1) is 11.8 Å². The average Bonchev–Trinajstić information content (AvgIpc) is 3.75. The largest absolute Gasteiger partial charge is 0.394 e. The maximum absolute atomic E-state index is 13.2. The molecule has 3 aromatic carbocycles. The number of fused-ring (bicyclic) bond motifs is 4. The van der Waals surface area contributed by atoms with E-state index in [1.807, 2.05) is 24.5 Å². The number of aromatic nitrogens is 1. The summed E-state index contributed by atoms with van der Waals surface area (Å²) in [5.41, 5.74) is 8.81. The molecule has 3 amide bonds. The van der Waals surface area contributed by atoms with Gasteiger partial charge >= 0.3 is 0 Å². The number of pyridine rings is 1. The molecule has 4 aliphatic heterocycles. The van der Waals surface area contributed by atoms with Crippen LogP contribution < -0.4 is 16.0 Å². The average molecular weight is 731 g/mol. The first kappa shape index (κ1) is 35.3. The van der Waals surface area contributed by atoms with E-state index < -0.39 is 6.04 Å². The number of benzene rings is 3. The van der Waals surface area contributed by atoms with Crippen LogP contribution in [-0.4, -0.2) is 75.1 Å². The summed E-state index contributed by atoms with van der Waals surface area (Å²) in [5, 5.41) is 19.9. The van der Waals surface area contributed by atoms with Crippen molar-refractivity contribution in [3.63, 3.8) is 0 Å². The van der Waals surface area contributed by atoms with Crippen LogP contribution in [0.25, 0.3) is 11.1 Å². The number of thioether (sulfide) groups is 1. The van der Waals surface area contributed by atoms with E-state index in [1.54, 1.807) is 16.7 Å². The molecular weight excluding hydrogens is 685 g/mol. The summed E-state index contributed by atoms with van der Waals surface area (Å²) in [6, 6.07) is 25.1. The Bertz CT molecular complexity index is 1990. The number of anilines is 2. The maximum atomic E-state index is 13.2. The number of unbranched alkanes of at least 4 members (excludes halogenated alkanes) is 2. The number of imide groups is 1. The van der Waals surface area contributed by atoms with Crippen LogP contribution in [-0.2, 0) is 22.7 Å². The molecule has 4 atom stereocenters. The van der Waals surface area contributed by atoms with Gasteiger partial charge in [0.25, 0.3) is 5.91 Å². The fourth-order valence-electron chi connectivity index (χ4n) is 8.56. The van der Waals surface area contributed by atoms with Crippen LogP contribution in [0, 0.1) is 5.92 Å². The Hall–Kier alpha value is -4.71. The van der Waals surface area contributed by atoms with Crippen LogP contribution in [0.15, 0.2) is 90.1 Å². The second kappa shape index (κ2) is 15.7. The molecule has 274 valence electrons. The molecule has 8 rings (SSSR count). The van der Waals surface area contributed by atoms with E-state index in [1.165, 1.54) is 22.3 Å². The maximum Gasteiger partial charge on any atom is 0.255 e. The van der Waals surface area contributed by atoms with Crippen LogP contribution in [0.5, 0.6) is 0 Å². The molecule has 2 saturated heterocycles. The van der Waals surface area contributed by atoms with E-state index in [4.69, 9.17) is 0 Å². The quantitative estimate of drug-likeness (QED) is 0.0720. The molecule has 0 radical (unpaired) electrons. The summed E-state index contributed by atoms with van der Waals surface area (Å²) in [6.07, 6.45) is 8.59. The van der Waals surface area contributed by atoms with Gasteiger partial charge in [0.05, 0.1) is 12.6 Å². The minimum atomic E-state index is -0.594. The Labute approximate surface area is 314 Å². The van der Waals surface area contributed by atoms with E-state index in [0.717, 1.165) is 72.9 Å². The molecule has 2 fully saturated rings. The number of hydrogen-bond donors (Lipinski definition) is 4. The van der Waals surface area contributed by atoms with Gasteiger partial charge in [0.1, 0.15) is 6.04 Å². The van der Waals surface area contributed by atoms with Gasteiger partial charge < -0.3 is 20.6 Å². The van der Waals surface area contributed by atoms with Crippen molar-refractivity contribution in [2.45, 2.75) is 74.6 Å². The zero-order valence-corrected chi connectivity index (χ0v) is 30.6. The predicted octanol–water partition coefficient (Wildman–Crippen LogP) is 6.23. The Kier molecular flexibility index (Phi) is 10.5. The van der Waals surface area contributed by atoms with E-state index in [-0.39, 0.29) is 42.8 Å². The molecule has 53 heavy (non-hydrogen) atoms. The number of amides is 3. The molecule has 0 aliphatic carbocycles. The molecule has 4 aliphatic rings. The van der Waals surface area contributed by atoms with Gasteiger partial charge in [0, 0.05) is 72.2 Å². The first-order valence-corrected chi connectivity index (χ1v) is 19.8. The Morgan fingerprint density at radius 1 is 0.925 bits per heavy atom. The zero-order valence-electron chi connectivity index (χ0n) is 29.8. The minimum absolute atomic E-state index is 0.0504. The predicted molar refractivity (Wildman–Crippen MR) is 207 cm³/mol. The third-order valence-corrected chi connectivity index (χ3v) is 12.4. The number of rotatable bonds is 13. The third kappa shape index (κ3) is 7.43. The summed E-state index contributed by atoms with van der Waals surface area (Å²) in [5.74, 6) is 0.524. The van der Waals surface area contributed by atoms with Crippen LogP contribution in [0.3, 0.4) is 0 Å². The summed E-state index contributed by atoms with van der Waals surface area (Å²) in [4.78, 5) is 46.7. The first-order chi connectivity index (χ1) is 26.0. The number of carbonyl (C=O) groups excluding carboxylic acids is 3. The highest BCUT2D eigenvalue weighted by molar-refractivity contribution is 7.99. The number of piperidine rings is 1. The van der Waals surface area contributed by atoms with E-state index in [0.29, 0.717) is 24.4 Å². The van der Waals surface area contributed by atoms with Crippen molar-refractivity contribution >= 4 is 40.9 Å². The third-order valence-electron chi connectivity index (χ3n) is 11.3. The van der Waals surface area contributed by atoms with Crippen LogP contribution in [0.1, 0.15) is 71.6 Å². The van der Waals surface area contributed by atoms with E-state index in [2.05, 4.69) is 86.5 Å². The molecule has 4 N–H and O–H groups in total. The lowest BCUT2D eigenvalue weighted by Crippen LogP contribution is -2.52. The molecule has 0 spiro atoms. The van der Waals surface area contributed by atoms with Crippen molar-refractivity contribution in [3.8, 4) is 11.1 Å². The van der Waals surface area contributed by atoms with Crippen LogP contribution in [0.4, 0.5) is 11.4 Å². The summed E-state index contributed by atoms with van der Waals surface area (Å²) < 4.78 is 0.